The standard InChI is InChI=1S/C12H14FN5O/c1-14-11-10(7-9(13)8-16-11)12(19)15-4-6-18-5-2-3-17-18/h2-3,5,7-8H,4,6H2,1H3,(H,14,16)(H,15,19). The summed E-state index contributed by atoms with van der Waals surface area (Å²) in [6.07, 6.45) is 4.53. The van der Waals surface area contributed by atoms with Gasteiger partial charge >= 0.3 is 0 Å². The van der Waals surface area contributed by atoms with E-state index >= 15 is 0 Å². The Morgan fingerprint density at radius 2 is 2.37 bits per heavy atom. The second-order valence-corrected chi connectivity index (χ2v) is 3.82. The maximum absolute atomic E-state index is 13.1. The number of amides is 1. The minimum absolute atomic E-state index is 0.183. The predicted molar refractivity (Wildman–Crippen MR) is 68.3 cm³/mol. The van der Waals surface area contributed by atoms with Crippen LogP contribution in [0.15, 0.2) is 30.7 Å². The largest absolute Gasteiger partial charge is 0.372 e. The van der Waals surface area contributed by atoms with Crippen molar-refractivity contribution in [2.75, 3.05) is 18.9 Å². The zero-order chi connectivity index (χ0) is 13.7. The van der Waals surface area contributed by atoms with E-state index < -0.39 is 5.82 Å². The van der Waals surface area contributed by atoms with E-state index in [0.29, 0.717) is 18.9 Å². The Hall–Kier alpha value is -2.44. The summed E-state index contributed by atoms with van der Waals surface area (Å²) < 4.78 is 14.8. The Kier molecular flexibility index (Phi) is 4.07. The Morgan fingerprint density at radius 3 is 3.05 bits per heavy atom. The first-order valence-corrected chi connectivity index (χ1v) is 5.79. The molecule has 1 amide bonds. The van der Waals surface area contributed by atoms with Gasteiger partial charge < -0.3 is 10.6 Å². The Labute approximate surface area is 109 Å². The van der Waals surface area contributed by atoms with Gasteiger partial charge in [-0.2, -0.15) is 5.10 Å². The van der Waals surface area contributed by atoms with Gasteiger partial charge in [0.05, 0.1) is 18.3 Å². The molecule has 7 heteroatoms. The van der Waals surface area contributed by atoms with Crippen molar-refractivity contribution < 1.29 is 9.18 Å². The number of anilines is 1. The van der Waals surface area contributed by atoms with Gasteiger partial charge in [0.25, 0.3) is 5.91 Å². The van der Waals surface area contributed by atoms with Gasteiger partial charge in [0.1, 0.15) is 11.6 Å². The number of carbonyl (C=O) groups is 1. The zero-order valence-electron chi connectivity index (χ0n) is 10.4. The molecule has 0 saturated carbocycles. The van der Waals surface area contributed by atoms with E-state index in [1.165, 1.54) is 0 Å². The van der Waals surface area contributed by atoms with E-state index in [9.17, 15) is 9.18 Å². The third-order valence-corrected chi connectivity index (χ3v) is 2.52. The fourth-order valence-corrected chi connectivity index (χ4v) is 1.62. The minimum atomic E-state index is -0.545. The van der Waals surface area contributed by atoms with Crippen LogP contribution in [0.3, 0.4) is 0 Å². The lowest BCUT2D eigenvalue weighted by atomic mass is 10.2. The van der Waals surface area contributed by atoms with Crippen molar-refractivity contribution in [3.63, 3.8) is 0 Å². The Bertz CT molecular complexity index is 555. The molecule has 2 aromatic heterocycles. The smallest absolute Gasteiger partial charge is 0.255 e. The molecule has 0 aliphatic heterocycles. The van der Waals surface area contributed by atoms with Gasteiger partial charge in [-0.15, -0.1) is 0 Å². The van der Waals surface area contributed by atoms with Crippen LogP contribution in [0.25, 0.3) is 0 Å². The van der Waals surface area contributed by atoms with Gasteiger partial charge in [-0.3, -0.25) is 9.48 Å². The molecule has 0 aliphatic rings. The number of hydrogen-bond donors (Lipinski definition) is 2. The highest BCUT2D eigenvalue weighted by Crippen LogP contribution is 2.12. The number of hydrogen-bond acceptors (Lipinski definition) is 4. The summed E-state index contributed by atoms with van der Waals surface area (Å²) in [5, 5.41) is 9.46. The van der Waals surface area contributed by atoms with Crippen LogP contribution in [0.5, 0.6) is 0 Å². The first kappa shape index (κ1) is 13.0. The third-order valence-electron chi connectivity index (χ3n) is 2.52. The summed E-state index contributed by atoms with van der Waals surface area (Å²) >= 11 is 0. The average molecular weight is 263 g/mol. The summed E-state index contributed by atoms with van der Waals surface area (Å²) in [5.74, 6) is -0.572. The van der Waals surface area contributed by atoms with Crippen LogP contribution < -0.4 is 10.6 Å². The number of nitrogens with zero attached hydrogens (tertiary/aromatic N) is 3. The molecule has 0 bridgehead atoms. The van der Waals surface area contributed by atoms with Crippen LogP contribution in [-0.2, 0) is 6.54 Å². The highest BCUT2D eigenvalue weighted by molar-refractivity contribution is 5.98. The lowest BCUT2D eigenvalue weighted by Gasteiger charge is -2.09. The number of nitrogens with one attached hydrogen (secondary N) is 2. The number of aromatic nitrogens is 3. The molecular formula is C12H14FN5O. The molecule has 6 nitrogen and oxygen atoms in total. The van der Waals surface area contributed by atoms with Gasteiger partial charge in [0.2, 0.25) is 0 Å². The number of rotatable bonds is 5. The highest BCUT2D eigenvalue weighted by atomic mass is 19.1. The monoisotopic (exact) mass is 263 g/mol. The van der Waals surface area contributed by atoms with Gasteiger partial charge in [-0.25, -0.2) is 9.37 Å². The summed E-state index contributed by atoms with van der Waals surface area (Å²) in [4.78, 5) is 15.7. The first-order chi connectivity index (χ1) is 9.20. The number of carbonyl (C=O) groups excluding carboxylic acids is 1. The summed E-state index contributed by atoms with van der Waals surface area (Å²) in [5.41, 5.74) is 0.183. The van der Waals surface area contributed by atoms with Crippen LogP contribution in [0.4, 0.5) is 10.2 Å². The van der Waals surface area contributed by atoms with E-state index in [1.807, 2.05) is 0 Å². The van der Waals surface area contributed by atoms with Crippen molar-refractivity contribution in [2.24, 2.45) is 0 Å². The molecule has 0 unspecified atom stereocenters. The second-order valence-electron chi connectivity index (χ2n) is 3.82. The lowest BCUT2D eigenvalue weighted by Crippen LogP contribution is -2.28. The molecule has 0 radical (unpaired) electrons. The SMILES string of the molecule is CNc1ncc(F)cc1C(=O)NCCn1cccn1. The maximum atomic E-state index is 13.1. The molecule has 100 valence electrons. The molecule has 0 saturated heterocycles. The van der Waals surface area contributed by atoms with Crippen molar-refractivity contribution in [3.05, 3.63) is 42.1 Å². The van der Waals surface area contributed by atoms with Gasteiger partial charge in [-0.1, -0.05) is 0 Å². The lowest BCUT2D eigenvalue weighted by molar-refractivity contribution is 0.0952. The van der Waals surface area contributed by atoms with Crippen LogP contribution in [0.2, 0.25) is 0 Å². The maximum Gasteiger partial charge on any atom is 0.255 e. The molecule has 0 spiro atoms. The van der Waals surface area contributed by atoms with Crippen molar-refractivity contribution in [1.82, 2.24) is 20.1 Å². The topological polar surface area (TPSA) is 71.8 Å². The summed E-state index contributed by atoms with van der Waals surface area (Å²) in [6, 6.07) is 2.96. The molecule has 2 N–H and O–H groups in total. The average Bonchev–Trinajstić information content (AvgIpc) is 2.91. The molecule has 0 atom stereocenters. The van der Waals surface area contributed by atoms with Crippen LogP contribution in [0.1, 0.15) is 10.4 Å². The fraction of sp³-hybridized carbons (Fsp3) is 0.250. The molecule has 0 fully saturated rings. The van der Waals surface area contributed by atoms with Gasteiger partial charge in [-0.05, 0) is 12.1 Å². The van der Waals surface area contributed by atoms with Gasteiger partial charge in [0, 0.05) is 26.0 Å². The van der Waals surface area contributed by atoms with Crippen molar-refractivity contribution in [1.29, 1.82) is 0 Å². The van der Waals surface area contributed by atoms with E-state index in [2.05, 4.69) is 20.7 Å². The zero-order valence-corrected chi connectivity index (χ0v) is 10.4. The first-order valence-electron chi connectivity index (χ1n) is 5.79. The van der Waals surface area contributed by atoms with Crippen LogP contribution in [-0.4, -0.2) is 34.3 Å². The summed E-state index contributed by atoms with van der Waals surface area (Å²) in [7, 11) is 1.63. The third kappa shape index (κ3) is 3.27. The summed E-state index contributed by atoms with van der Waals surface area (Å²) in [6.45, 7) is 0.955. The molecule has 2 rings (SSSR count). The van der Waals surface area contributed by atoms with E-state index in [0.717, 1.165) is 12.3 Å². The van der Waals surface area contributed by atoms with Gasteiger partial charge in [0.15, 0.2) is 0 Å². The molecular weight excluding hydrogens is 249 g/mol. The number of pyridine rings is 1. The van der Waals surface area contributed by atoms with Crippen LogP contribution >= 0.6 is 0 Å². The van der Waals surface area contributed by atoms with Crippen LogP contribution in [0, 0.1) is 5.82 Å². The van der Waals surface area contributed by atoms with E-state index in [-0.39, 0.29) is 11.5 Å². The number of halogens is 1. The van der Waals surface area contributed by atoms with Crippen molar-refractivity contribution in [2.45, 2.75) is 6.54 Å². The van der Waals surface area contributed by atoms with Crippen molar-refractivity contribution >= 4 is 11.7 Å². The Balaban J connectivity index is 1.97. The van der Waals surface area contributed by atoms with Crippen molar-refractivity contribution in [3.8, 4) is 0 Å². The van der Waals surface area contributed by atoms with E-state index in [1.54, 1.807) is 30.2 Å². The second kappa shape index (κ2) is 5.94. The molecule has 2 heterocycles. The minimum Gasteiger partial charge on any atom is -0.372 e. The quantitative estimate of drug-likeness (QED) is 0.840. The predicted octanol–water partition coefficient (Wildman–Crippen LogP) is 0.889. The highest BCUT2D eigenvalue weighted by Gasteiger charge is 2.12. The fourth-order valence-electron chi connectivity index (χ4n) is 1.62. The molecule has 19 heavy (non-hydrogen) atoms. The molecule has 0 aliphatic carbocycles. The normalized spacial score (nSPS) is 10.2. The Morgan fingerprint density at radius 1 is 1.53 bits per heavy atom. The van der Waals surface area contributed by atoms with E-state index in [4.69, 9.17) is 0 Å². The molecule has 2 aromatic rings. The molecule has 0 aromatic carbocycles.